The van der Waals surface area contributed by atoms with Crippen molar-refractivity contribution in [1.29, 1.82) is 0 Å². The molecule has 2 heterocycles. The van der Waals surface area contributed by atoms with Crippen molar-refractivity contribution in [3.8, 4) is 17.0 Å². The predicted molar refractivity (Wildman–Crippen MR) is 103 cm³/mol. The average molecular weight is 356 g/mol. The molecule has 0 atom stereocenters. The number of anilines is 1. The molecule has 0 amide bonds. The number of rotatable bonds is 4. The van der Waals surface area contributed by atoms with Gasteiger partial charge in [-0.25, -0.2) is 4.98 Å². The monoisotopic (exact) mass is 355 g/mol. The number of nitrogens with zero attached hydrogens (tertiary/aromatic N) is 2. The molecule has 130 valence electrons. The summed E-state index contributed by atoms with van der Waals surface area (Å²) in [5.74, 6) is 1.84. The largest absolute Gasteiger partial charge is 0.497 e. The van der Waals surface area contributed by atoms with E-state index in [9.17, 15) is 0 Å². The maximum absolute atomic E-state index is 6.24. The Kier molecular flexibility index (Phi) is 4.53. The van der Waals surface area contributed by atoms with Crippen LogP contribution in [0, 0.1) is 0 Å². The number of imidazole rings is 1. The first-order valence-corrected chi connectivity index (χ1v) is 9.21. The van der Waals surface area contributed by atoms with Gasteiger partial charge in [-0.15, -0.1) is 0 Å². The summed E-state index contributed by atoms with van der Waals surface area (Å²) in [6.45, 7) is 0. The van der Waals surface area contributed by atoms with Crippen LogP contribution in [0.25, 0.3) is 16.9 Å². The zero-order valence-electron chi connectivity index (χ0n) is 14.3. The minimum absolute atomic E-state index is 0.483. The van der Waals surface area contributed by atoms with E-state index in [2.05, 4.69) is 15.8 Å². The zero-order valence-corrected chi connectivity index (χ0v) is 15.1. The van der Waals surface area contributed by atoms with Crippen molar-refractivity contribution in [2.75, 3.05) is 12.4 Å². The third-order valence-electron chi connectivity index (χ3n) is 4.87. The highest BCUT2D eigenvalue weighted by Crippen LogP contribution is 2.33. The Bertz CT molecular complexity index is 884. The van der Waals surface area contributed by atoms with Crippen molar-refractivity contribution >= 4 is 23.1 Å². The molecule has 1 fully saturated rings. The van der Waals surface area contributed by atoms with E-state index in [0.29, 0.717) is 11.1 Å². The van der Waals surface area contributed by atoms with Crippen LogP contribution in [-0.2, 0) is 0 Å². The molecule has 0 aliphatic heterocycles. The van der Waals surface area contributed by atoms with E-state index in [0.717, 1.165) is 28.5 Å². The van der Waals surface area contributed by atoms with Gasteiger partial charge < -0.3 is 10.1 Å². The number of hydrogen-bond acceptors (Lipinski definition) is 3. The molecule has 0 saturated heterocycles. The summed E-state index contributed by atoms with van der Waals surface area (Å²) in [5.41, 5.74) is 2.87. The Morgan fingerprint density at radius 2 is 2.00 bits per heavy atom. The maximum Gasteiger partial charge on any atom is 0.139 e. The smallest absolute Gasteiger partial charge is 0.139 e. The van der Waals surface area contributed by atoms with Crippen LogP contribution in [-0.4, -0.2) is 22.5 Å². The summed E-state index contributed by atoms with van der Waals surface area (Å²) in [7, 11) is 1.68. The van der Waals surface area contributed by atoms with E-state index < -0.39 is 0 Å². The molecule has 0 unspecified atom stereocenters. The summed E-state index contributed by atoms with van der Waals surface area (Å²) in [6.07, 6.45) is 8.22. The molecule has 1 aliphatic carbocycles. The standard InChI is InChI=1S/C20H22ClN3O/c1-25-17-9-5-6-14(12-17)19-20(22-16-7-3-2-4-8-16)24-13-15(21)10-11-18(24)23-19/h5-6,9-13,16,22H,2-4,7-8H2,1H3. The molecule has 0 spiro atoms. The van der Waals surface area contributed by atoms with Crippen LogP contribution < -0.4 is 10.1 Å². The van der Waals surface area contributed by atoms with E-state index in [1.165, 1.54) is 32.1 Å². The van der Waals surface area contributed by atoms with Crippen molar-refractivity contribution in [3.05, 3.63) is 47.6 Å². The lowest BCUT2D eigenvalue weighted by Crippen LogP contribution is -2.23. The second kappa shape index (κ2) is 6.96. The van der Waals surface area contributed by atoms with Crippen LogP contribution in [0.15, 0.2) is 42.6 Å². The normalized spacial score (nSPS) is 15.4. The van der Waals surface area contributed by atoms with E-state index in [1.807, 2.05) is 36.5 Å². The summed E-state index contributed by atoms with van der Waals surface area (Å²) >= 11 is 6.24. The lowest BCUT2D eigenvalue weighted by atomic mass is 9.95. The number of benzene rings is 1. The predicted octanol–water partition coefficient (Wildman–Crippen LogP) is 5.41. The van der Waals surface area contributed by atoms with E-state index in [1.54, 1.807) is 7.11 Å². The van der Waals surface area contributed by atoms with Gasteiger partial charge in [0.25, 0.3) is 0 Å². The number of methoxy groups -OCH3 is 1. The lowest BCUT2D eigenvalue weighted by molar-refractivity contribution is 0.415. The number of hydrogen-bond donors (Lipinski definition) is 1. The zero-order chi connectivity index (χ0) is 17.2. The Hall–Kier alpha value is -2.20. The van der Waals surface area contributed by atoms with Crippen LogP contribution in [0.2, 0.25) is 5.02 Å². The highest BCUT2D eigenvalue weighted by molar-refractivity contribution is 6.30. The van der Waals surface area contributed by atoms with Crippen LogP contribution >= 0.6 is 11.6 Å². The van der Waals surface area contributed by atoms with Gasteiger partial charge in [-0.3, -0.25) is 4.40 Å². The van der Waals surface area contributed by atoms with Crippen molar-refractivity contribution in [2.45, 2.75) is 38.1 Å². The van der Waals surface area contributed by atoms with E-state index in [4.69, 9.17) is 21.3 Å². The van der Waals surface area contributed by atoms with E-state index in [-0.39, 0.29) is 0 Å². The summed E-state index contributed by atoms with van der Waals surface area (Å²) in [6, 6.07) is 12.4. The molecular weight excluding hydrogens is 334 g/mol. The van der Waals surface area contributed by atoms with Gasteiger partial charge in [0.15, 0.2) is 0 Å². The Balaban J connectivity index is 1.82. The lowest BCUT2D eigenvalue weighted by Gasteiger charge is -2.24. The molecule has 2 aromatic heterocycles. The Morgan fingerprint density at radius 3 is 2.80 bits per heavy atom. The van der Waals surface area contributed by atoms with Gasteiger partial charge in [-0.2, -0.15) is 0 Å². The second-order valence-electron chi connectivity index (χ2n) is 6.60. The first-order chi connectivity index (χ1) is 12.2. The Labute approximate surface area is 152 Å². The molecule has 5 heteroatoms. The molecule has 4 rings (SSSR count). The first-order valence-electron chi connectivity index (χ1n) is 8.83. The fourth-order valence-electron chi connectivity index (χ4n) is 3.57. The topological polar surface area (TPSA) is 38.6 Å². The molecule has 3 aromatic rings. The van der Waals surface area contributed by atoms with Gasteiger partial charge in [0.2, 0.25) is 0 Å². The van der Waals surface area contributed by atoms with Gasteiger partial charge in [0, 0.05) is 17.8 Å². The van der Waals surface area contributed by atoms with Gasteiger partial charge in [-0.05, 0) is 37.1 Å². The second-order valence-corrected chi connectivity index (χ2v) is 7.03. The number of fused-ring (bicyclic) bond motifs is 1. The van der Waals surface area contributed by atoms with Crippen LogP contribution in [0.3, 0.4) is 0 Å². The van der Waals surface area contributed by atoms with E-state index >= 15 is 0 Å². The van der Waals surface area contributed by atoms with Crippen molar-refractivity contribution < 1.29 is 4.74 Å². The third kappa shape index (κ3) is 3.31. The molecule has 1 N–H and O–H groups in total. The van der Waals surface area contributed by atoms with Gasteiger partial charge in [0.05, 0.1) is 12.1 Å². The Morgan fingerprint density at radius 1 is 1.16 bits per heavy atom. The first kappa shape index (κ1) is 16.3. The van der Waals surface area contributed by atoms with Gasteiger partial charge >= 0.3 is 0 Å². The summed E-state index contributed by atoms with van der Waals surface area (Å²) < 4.78 is 7.44. The number of pyridine rings is 1. The highest BCUT2D eigenvalue weighted by Gasteiger charge is 2.20. The van der Waals surface area contributed by atoms with Crippen LogP contribution in [0.1, 0.15) is 32.1 Å². The van der Waals surface area contributed by atoms with Crippen LogP contribution in [0.4, 0.5) is 5.82 Å². The number of nitrogens with one attached hydrogen (secondary N) is 1. The number of halogens is 1. The van der Waals surface area contributed by atoms with Crippen LogP contribution in [0.5, 0.6) is 5.75 Å². The molecule has 4 nitrogen and oxygen atoms in total. The molecule has 1 aromatic carbocycles. The molecule has 1 saturated carbocycles. The molecule has 25 heavy (non-hydrogen) atoms. The molecule has 0 radical (unpaired) electrons. The fourth-order valence-corrected chi connectivity index (χ4v) is 3.73. The van der Waals surface area contributed by atoms with Gasteiger partial charge in [-0.1, -0.05) is 43.0 Å². The number of aromatic nitrogens is 2. The molecule has 1 aliphatic rings. The molecular formula is C20H22ClN3O. The van der Waals surface area contributed by atoms with Crippen molar-refractivity contribution in [2.24, 2.45) is 0 Å². The van der Waals surface area contributed by atoms with Crippen molar-refractivity contribution in [1.82, 2.24) is 9.38 Å². The SMILES string of the molecule is COc1cccc(-c2nc3ccc(Cl)cn3c2NC2CCCCC2)c1. The fraction of sp³-hybridized carbons (Fsp3) is 0.350. The molecule has 0 bridgehead atoms. The summed E-state index contributed by atoms with van der Waals surface area (Å²) in [4.78, 5) is 4.85. The number of ether oxygens (including phenoxy) is 1. The van der Waals surface area contributed by atoms with Gasteiger partial charge in [0.1, 0.15) is 22.9 Å². The minimum atomic E-state index is 0.483. The van der Waals surface area contributed by atoms with Crippen molar-refractivity contribution in [3.63, 3.8) is 0 Å². The quantitative estimate of drug-likeness (QED) is 0.680. The minimum Gasteiger partial charge on any atom is -0.497 e. The highest BCUT2D eigenvalue weighted by atomic mass is 35.5. The third-order valence-corrected chi connectivity index (χ3v) is 5.10. The summed E-state index contributed by atoms with van der Waals surface area (Å²) in [5, 5.41) is 4.44. The average Bonchev–Trinajstić information content (AvgIpc) is 3.00. The maximum atomic E-state index is 6.24.